The number of carbonyl (C=O) groups is 1. The highest BCUT2D eigenvalue weighted by Gasteiger charge is 2.23. The summed E-state index contributed by atoms with van der Waals surface area (Å²) in [4.78, 5) is 11.6. The highest BCUT2D eigenvalue weighted by molar-refractivity contribution is 6.06. The maximum Gasteiger partial charge on any atom is 0.270 e. The molecular formula is C13H12F2N2O2. The number of nitriles is 1. The number of amides is 1. The monoisotopic (exact) mass is 266 g/mol. The number of allylic oxidation sites excluding steroid dienone is 1. The van der Waals surface area contributed by atoms with E-state index < -0.39 is 23.2 Å². The van der Waals surface area contributed by atoms with Crippen LogP contribution in [0.15, 0.2) is 35.6 Å². The third-order valence-corrected chi connectivity index (χ3v) is 2.35. The molecule has 0 bridgehead atoms. The number of hydrogen-bond donors (Lipinski definition) is 2. The Labute approximate surface area is 109 Å². The van der Waals surface area contributed by atoms with Crippen LogP contribution in [-0.2, 0) is 10.7 Å². The summed E-state index contributed by atoms with van der Waals surface area (Å²) in [5.41, 5.74) is -0.350. The average Bonchev–Trinajstić information content (AvgIpc) is 2.28. The van der Waals surface area contributed by atoms with Gasteiger partial charge in [0.05, 0.1) is 0 Å². The second-order valence-corrected chi connectivity index (χ2v) is 3.99. The number of alkyl halides is 2. The number of aliphatic hydroxyl groups is 1. The van der Waals surface area contributed by atoms with Crippen molar-refractivity contribution in [3.63, 3.8) is 0 Å². The number of nitrogens with one attached hydrogen (secondary N) is 1. The van der Waals surface area contributed by atoms with Crippen molar-refractivity contribution in [3.8, 4) is 6.07 Å². The Bertz CT molecular complexity index is 547. The lowest BCUT2D eigenvalue weighted by Gasteiger charge is -2.11. The molecule has 2 N–H and O–H groups in total. The standard InChI is InChI=1S/C13H12F2N2O2/c1-8(18)11(7-16)12(19)17-10-5-3-9(4-6-10)13(2,14)15/h3-6,18H,1-2H3,(H,17,19)/b11-8-. The van der Waals surface area contributed by atoms with E-state index in [4.69, 9.17) is 10.4 Å². The molecule has 1 aromatic carbocycles. The summed E-state index contributed by atoms with van der Waals surface area (Å²) in [6.45, 7) is 1.98. The normalized spacial score (nSPS) is 12.4. The molecule has 0 aromatic heterocycles. The number of aliphatic hydroxyl groups excluding tert-OH is 1. The molecule has 0 saturated carbocycles. The number of carbonyl (C=O) groups excluding carboxylic acids is 1. The first kappa shape index (κ1) is 14.6. The van der Waals surface area contributed by atoms with Gasteiger partial charge in [-0.25, -0.2) is 8.78 Å². The molecule has 1 rings (SSSR count). The molecule has 0 radical (unpaired) electrons. The number of rotatable bonds is 3. The molecule has 0 spiro atoms. The lowest BCUT2D eigenvalue weighted by molar-refractivity contribution is -0.112. The van der Waals surface area contributed by atoms with Crippen LogP contribution in [0.3, 0.4) is 0 Å². The van der Waals surface area contributed by atoms with E-state index in [1.54, 1.807) is 6.07 Å². The summed E-state index contributed by atoms with van der Waals surface area (Å²) in [7, 11) is 0. The molecule has 100 valence electrons. The lowest BCUT2D eigenvalue weighted by Crippen LogP contribution is -2.15. The Morgan fingerprint density at radius 1 is 1.37 bits per heavy atom. The zero-order valence-corrected chi connectivity index (χ0v) is 10.4. The molecule has 0 atom stereocenters. The Balaban J connectivity index is 2.89. The van der Waals surface area contributed by atoms with E-state index in [0.717, 1.165) is 6.92 Å². The molecule has 0 unspecified atom stereocenters. The predicted molar refractivity (Wildman–Crippen MR) is 65.6 cm³/mol. The number of halogens is 2. The van der Waals surface area contributed by atoms with Crippen LogP contribution in [-0.4, -0.2) is 11.0 Å². The number of anilines is 1. The molecule has 0 aliphatic heterocycles. The highest BCUT2D eigenvalue weighted by Crippen LogP contribution is 2.27. The van der Waals surface area contributed by atoms with Gasteiger partial charge in [-0.2, -0.15) is 5.26 Å². The van der Waals surface area contributed by atoms with Crippen molar-refractivity contribution < 1.29 is 18.7 Å². The molecule has 0 aliphatic rings. The molecule has 1 aromatic rings. The number of benzene rings is 1. The number of hydrogen-bond acceptors (Lipinski definition) is 3. The van der Waals surface area contributed by atoms with Crippen LogP contribution in [0.4, 0.5) is 14.5 Å². The summed E-state index contributed by atoms with van der Waals surface area (Å²) in [6.07, 6.45) is 0. The molecule has 0 fully saturated rings. The average molecular weight is 266 g/mol. The van der Waals surface area contributed by atoms with Crippen molar-refractivity contribution in [1.29, 1.82) is 5.26 Å². The summed E-state index contributed by atoms with van der Waals surface area (Å²) < 4.78 is 25.9. The van der Waals surface area contributed by atoms with Crippen molar-refractivity contribution in [2.45, 2.75) is 19.8 Å². The molecule has 0 aliphatic carbocycles. The van der Waals surface area contributed by atoms with Gasteiger partial charge in [0.15, 0.2) is 5.57 Å². The molecule has 0 saturated heterocycles. The fourth-order valence-corrected chi connectivity index (χ4v) is 1.34. The minimum absolute atomic E-state index is 0.181. The summed E-state index contributed by atoms with van der Waals surface area (Å²) in [5, 5.41) is 20.1. The first-order valence-electron chi connectivity index (χ1n) is 5.35. The Morgan fingerprint density at radius 2 is 1.89 bits per heavy atom. The van der Waals surface area contributed by atoms with Gasteiger partial charge in [0.2, 0.25) is 0 Å². The first-order valence-corrected chi connectivity index (χ1v) is 5.35. The van der Waals surface area contributed by atoms with Crippen molar-refractivity contribution >= 4 is 11.6 Å². The topological polar surface area (TPSA) is 73.1 Å². The predicted octanol–water partition coefficient (Wildman–Crippen LogP) is 3.09. The largest absolute Gasteiger partial charge is 0.511 e. The molecular weight excluding hydrogens is 254 g/mol. The minimum Gasteiger partial charge on any atom is -0.511 e. The molecule has 0 heterocycles. The maximum absolute atomic E-state index is 13.0. The Morgan fingerprint density at radius 3 is 2.26 bits per heavy atom. The summed E-state index contributed by atoms with van der Waals surface area (Å²) in [5.74, 6) is -4.16. The van der Waals surface area contributed by atoms with Crippen molar-refractivity contribution in [1.82, 2.24) is 0 Å². The Kier molecular flexibility index (Phi) is 4.22. The lowest BCUT2D eigenvalue weighted by atomic mass is 10.1. The SMILES string of the molecule is C/C(O)=C(\C#N)C(=O)Nc1ccc(C(C)(F)F)cc1. The van der Waals surface area contributed by atoms with Crippen LogP contribution in [0, 0.1) is 11.3 Å². The second-order valence-electron chi connectivity index (χ2n) is 3.99. The van der Waals surface area contributed by atoms with Crippen molar-refractivity contribution in [3.05, 3.63) is 41.2 Å². The molecule has 19 heavy (non-hydrogen) atoms. The second kappa shape index (κ2) is 5.48. The molecule has 1 amide bonds. The van der Waals surface area contributed by atoms with Gasteiger partial charge < -0.3 is 10.4 Å². The maximum atomic E-state index is 13.0. The van der Waals surface area contributed by atoms with E-state index in [-0.39, 0.29) is 11.3 Å². The van der Waals surface area contributed by atoms with Crippen LogP contribution >= 0.6 is 0 Å². The minimum atomic E-state index is -2.96. The summed E-state index contributed by atoms with van der Waals surface area (Å²) >= 11 is 0. The third-order valence-electron chi connectivity index (χ3n) is 2.35. The zero-order chi connectivity index (χ0) is 14.6. The smallest absolute Gasteiger partial charge is 0.270 e. The van der Waals surface area contributed by atoms with Gasteiger partial charge in [0.1, 0.15) is 11.8 Å². The Hall–Kier alpha value is -2.42. The van der Waals surface area contributed by atoms with E-state index in [0.29, 0.717) is 0 Å². The molecule has 6 heteroatoms. The van der Waals surface area contributed by atoms with Gasteiger partial charge in [-0.1, -0.05) is 12.1 Å². The van der Waals surface area contributed by atoms with E-state index in [9.17, 15) is 13.6 Å². The molecule has 4 nitrogen and oxygen atoms in total. The van der Waals surface area contributed by atoms with Gasteiger partial charge in [0, 0.05) is 18.2 Å². The van der Waals surface area contributed by atoms with Crippen LogP contribution in [0.2, 0.25) is 0 Å². The van der Waals surface area contributed by atoms with E-state index >= 15 is 0 Å². The zero-order valence-electron chi connectivity index (χ0n) is 10.4. The highest BCUT2D eigenvalue weighted by atomic mass is 19.3. The fourth-order valence-electron chi connectivity index (χ4n) is 1.34. The summed E-state index contributed by atoms with van der Waals surface area (Å²) in [6, 6.07) is 6.51. The van der Waals surface area contributed by atoms with E-state index in [2.05, 4.69) is 5.32 Å². The van der Waals surface area contributed by atoms with Gasteiger partial charge in [0.25, 0.3) is 11.8 Å². The fraction of sp³-hybridized carbons (Fsp3) is 0.231. The van der Waals surface area contributed by atoms with Crippen molar-refractivity contribution in [2.75, 3.05) is 5.32 Å². The van der Waals surface area contributed by atoms with Gasteiger partial charge in [-0.05, 0) is 19.1 Å². The third kappa shape index (κ3) is 3.78. The van der Waals surface area contributed by atoms with E-state index in [1.165, 1.54) is 31.2 Å². The first-order chi connectivity index (χ1) is 8.75. The van der Waals surface area contributed by atoms with Gasteiger partial charge >= 0.3 is 0 Å². The van der Waals surface area contributed by atoms with Crippen LogP contribution in [0.5, 0.6) is 0 Å². The van der Waals surface area contributed by atoms with Crippen LogP contribution < -0.4 is 5.32 Å². The quantitative estimate of drug-likeness (QED) is 0.501. The van der Waals surface area contributed by atoms with Crippen molar-refractivity contribution in [2.24, 2.45) is 0 Å². The van der Waals surface area contributed by atoms with Gasteiger partial charge in [-0.3, -0.25) is 4.79 Å². The number of nitrogens with zero attached hydrogens (tertiary/aromatic N) is 1. The van der Waals surface area contributed by atoms with Crippen LogP contribution in [0.1, 0.15) is 19.4 Å². The van der Waals surface area contributed by atoms with Gasteiger partial charge in [-0.15, -0.1) is 0 Å². The van der Waals surface area contributed by atoms with Crippen LogP contribution in [0.25, 0.3) is 0 Å². The van der Waals surface area contributed by atoms with E-state index in [1.807, 2.05) is 0 Å².